The molecular weight excluding hydrogens is 338 g/mol. The van der Waals surface area contributed by atoms with E-state index >= 15 is 0 Å². The van der Waals surface area contributed by atoms with E-state index in [1.165, 1.54) is 12.1 Å². The van der Waals surface area contributed by atoms with Gasteiger partial charge in [-0.2, -0.15) is 0 Å². The van der Waals surface area contributed by atoms with E-state index in [-0.39, 0.29) is 5.69 Å². The fraction of sp³-hybridized carbons (Fsp3) is 0.353. The van der Waals surface area contributed by atoms with E-state index in [0.29, 0.717) is 29.9 Å². The quantitative estimate of drug-likeness (QED) is 0.395. The Balaban J connectivity index is 1.69. The van der Waals surface area contributed by atoms with Gasteiger partial charge in [0.15, 0.2) is 11.5 Å². The minimum absolute atomic E-state index is 0.0845. The summed E-state index contributed by atoms with van der Waals surface area (Å²) in [6, 6.07) is 6.53. The second-order valence-corrected chi connectivity index (χ2v) is 5.88. The monoisotopic (exact) mass is 357 g/mol. The fourth-order valence-electron chi connectivity index (χ4n) is 2.83. The van der Waals surface area contributed by atoms with Crippen LogP contribution in [-0.2, 0) is 17.6 Å². The highest BCUT2D eigenvalue weighted by Crippen LogP contribution is 2.18. The molecule has 3 aromatic rings. The van der Waals surface area contributed by atoms with Crippen LogP contribution in [0, 0.1) is 17.0 Å². The van der Waals surface area contributed by atoms with Gasteiger partial charge >= 0.3 is 5.97 Å². The molecule has 26 heavy (non-hydrogen) atoms. The Hall–Kier alpha value is -3.23. The normalized spacial score (nSPS) is 11.0. The number of aromatic amines is 1. The number of nitro groups is 1. The lowest BCUT2D eigenvalue weighted by Crippen LogP contribution is -2.05. The van der Waals surface area contributed by atoms with E-state index in [2.05, 4.69) is 15.3 Å². The van der Waals surface area contributed by atoms with Gasteiger partial charge in [-0.1, -0.05) is 12.1 Å². The molecule has 0 aliphatic heterocycles. The number of rotatable bonds is 7. The Kier molecular flexibility index (Phi) is 4.97. The maximum absolute atomic E-state index is 12.1. The third-order valence-electron chi connectivity index (χ3n) is 4.10. The summed E-state index contributed by atoms with van der Waals surface area (Å²) in [5.41, 5.74) is 2.66. The molecule has 0 unspecified atom stereocenters. The number of benzene rings is 1. The number of nitro benzene ring substituents is 1. The molecule has 1 aromatic carbocycles. The average molecular weight is 357 g/mol. The first kappa shape index (κ1) is 17.6. The number of non-ortho nitro benzene ring substituents is 1. The molecule has 0 aliphatic rings. The summed E-state index contributed by atoms with van der Waals surface area (Å²) in [6.45, 7) is 3.85. The molecule has 9 nitrogen and oxygen atoms in total. The van der Waals surface area contributed by atoms with Crippen LogP contribution in [0.2, 0.25) is 0 Å². The van der Waals surface area contributed by atoms with Crippen molar-refractivity contribution in [2.75, 3.05) is 6.61 Å². The van der Waals surface area contributed by atoms with E-state index < -0.39 is 10.9 Å². The first-order chi connectivity index (χ1) is 12.5. The van der Waals surface area contributed by atoms with E-state index in [9.17, 15) is 14.9 Å². The highest BCUT2D eigenvalue weighted by molar-refractivity contribution is 5.97. The zero-order valence-corrected chi connectivity index (χ0v) is 14.6. The summed E-state index contributed by atoms with van der Waals surface area (Å²) >= 11 is 0. The first-order valence-electron chi connectivity index (χ1n) is 8.34. The van der Waals surface area contributed by atoms with Crippen LogP contribution in [0.15, 0.2) is 24.3 Å². The third-order valence-corrected chi connectivity index (χ3v) is 4.10. The van der Waals surface area contributed by atoms with Gasteiger partial charge in [0.2, 0.25) is 0 Å². The van der Waals surface area contributed by atoms with Gasteiger partial charge in [0.1, 0.15) is 5.56 Å². The first-order valence-corrected chi connectivity index (χ1v) is 8.34. The van der Waals surface area contributed by atoms with Crippen molar-refractivity contribution in [3.05, 3.63) is 57.0 Å². The Morgan fingerprint density at radius 3 is 2.65 bits per heavy atom. The SMILES string of the molecule is CCOC(=O)c1c(C)[nH]n2c(CCCc3ccc([N+](=O)[O-])cc3)nnc12. The van der Waals surface area contributed by atoms with Crippen molar-refractivity contribution < 1.29 is 14.5 Å². The molecule has 1 N–H and O–H groups in total. The maximum atomic E-state index is 12.1. The zero-order chi connectivity index (χ0) is 18.7. The lowest BCUT2D eigenvalue weighted by molar-refractivity contribution is -0.384. The van der Waals surface area contributed by atoms with Crippen molar-refractivity contribution >= 4 is 17.3 Å². The van der Waals surface area contributed by atoms with Crippen molar-refractivity contribution in [1.29, 1.82) is 0 Å². The molecule has 0 aliphatic carbocycles. The van der Waals surface area contributed by atoms with Crippen LogP contribution in [0.4, 0.5) is 5.69 Å². The van der Waals surface area contributed by atoms with Gasteiger partial charge in [-0.25, -0.2) is 9.31 Å². The van der Waals surface area contributed by atoms with Crippen molar-refractivity contribution in [2.45, 2.75) is 33.1 Å². The van der Waals surface area contributed by atoms with Crippen molar-refractivity contribution in [2.24, 2.45) is 0 Å². The standard InChI is InChI=1S/C17H19N5O4/c1-3-26-17(23)15-11(2)20-21-14(18-19-16(15)21)6-4-5-12-7-9-13(10-8-12)22(24)25/h7-10,20H,3-6H2,1-2H3. The van der Waals surface area contributed by atoms with Crippen LogP contribution >= 0.6 is 0 Å². The molecule has 0 radical (unpaired) electrons. The third kappa shape index (κ3) is 3.41. The van der Waals surface area contributed by atoms with E-state index in [0.717, 1.165) is 24.2 Å². The number of nitrogens with one attached hydrogen (secondary N) is 1. The second-order valence-electron chi connectivity index (χ2n) is 5.88. The molecule has 9 heteroatoms. The van der Waals surface area contributed by atoms with Crippen LogP contribution in [-0.4, -0.2) is 37.3 Å². The van der Waals surface area contributed by atoms with Crippen LogP contribution < -0.4 is 0 Å². The van der Waals surface area contributed by atoms with Crippen LogP contribution in [0.1, 0.15) is 40.8 Å². The molecule has 0 spiro atoms. The molecule has 0 amide bonds. The molecule has 0 fully saturated rings. The number of aromatic nitrogens is 4. The summed E-state index contributed by atoms with van der Waals surface area (Å²) in [7, 11) is 0. The van der Waals surface area contributed by atoms with Crippen molar-refractivity contribution in [3.8, 4) is 0 Å². The minimum atomic E-state index is -0.416. The number of fused-ring (bicyclic) bond motifs is 1. The lowest BCUT2D eigenvalue weighted by Gasteiger charge is -2.00. The van der Waals surface area contributed by atoms with Crippen molar-refractivity contribution in [3.63, 3.8) is 0 Å². The molecule has 136 valence electrons. The summed E-state index contributed by atoms with van der Waals surface area (Å²) < 4.78 is 6.77. The van der Waals surface area contributed by atoms with Gasteiger partial charge < -0.3 is 4.74 Å². The van der Waals surface area contributed by atoms with Gasteiger partial charge in [-0.15, -0.1) is 10.2 Å². The minimum Gasteiger partial charge on any atom is -0.462 e. The lowest BCUT2D eigenvalue weighted by atomic mass is 10.1. The molecule has 0 atom stereocenters. The highest BCUT2D eigenvalue weighted by atomic mass is 16.6. The maximum Gasteiger partial charge on any atom is 0.343 e. The molecule has 2 aromatic heterocycles. The number of carbonyl (C=O) groups excluding carboxylic acids is 1. The number of carbonyl (C=O) groups is 1. The number of H-pyrrole nitrogens is 1. The Morgan fingerprint density at radius 2 is 2.00 bits per heavy atom. The predicted octanol–water partition coefficient (Wildman–Crippen LogP) is 2.63. The molecule has 0 bridgehead atoms. The number of ether oxygens (including phenoxy) is 1. The van der Waals surface area contributed by atoms with E-state index in [1.54, 1.807) is 30.5 Å². The van der Waals surface area contributed by atoms with Gasteiger partial charge in [0.25, 0.3) is 5.69 Å². The molecule has 2 heterocycles. The predicted molar refractivity (Wildman–Crippen MR) is 93.2 cm³/mol. The number of hydrogen-bond donors (Lipinski definition) is 1. The van der Waals surface area contributed by atoms with Crippen LogP contribution in [0.3, 0.4) is 0 Å². The second kappa shape index (κ2) is 7.34. The van der Waals surface area contributed by atoms with Gasteiger partial charge in [0, 0.05) is 24.2 Å². The average Bonchev–Trinajstić information content (AvgIpc) is 3.13. The number of hydrogen-bond acceptors (Lipinski definition) is 6. The summed E-state index contributed by atoms with van der Waals surface area (Å²) in [5.74, 6) is 0.307. The smallest absolute Gasteiger partial charge is 0.343 e. The summed E-state index contributed by atoms with van der Waals surface area (Å²) in [5, 5.41) is 22.0. The number of esters is 1. The zero-order valence-electron chi connectivity index (χ0n) is 14.6. The van der Waals surface area contributed by atoms with Gasteiger partial charge in [-0.05, 0) is 32.3 Å². The molecular formula is C17H19N5O4. The van der Waals surface area contributed by atoms with Crippen LogP contribution in [0.5, 0.6) is 0 Å². The van der Waals surface area contributed by atoms with Gasteiger partial charge in [0.05, 0.1) is 11.5 Å². The summed E-state index contributed by atoms with van der Waals surface area (Å²) in [4.78, 5) is 22.3. The number of aryl methyl sites for hydroxylation is 3. The largest absolute Gasteiger partial charge is 0.462 e. The highest BCUT2D eigenvalue weighted by Gasteiger charge is 2.21. The van der Waals surface area contributed by atoms with Gasteiger partial charge in [-0.3, -0.25) is 15.2 Å². The van der Waals surface area contributed by atoms with Crippen molar-refractivity contribution in [1.82, 2.24) is 19.8 Å². The Morgan fingerprint density at radius 1 is 1.27 bits per heavy atom. The Bertz CT molecular complexity index is 942. The molecule has 0 saturated carbocycles. The van der Waals surface area contributed by atoms with Crippen LogP contribution in [0.25, 0.3) is 5.65 Å². The summed E-state index contributed by atoms with van der Waals surface area (Å²) in [6.07, 6.45) is 2.21. The topological polar surface area (TPSA) is 115 Å². The molecule has 0 saturated heterocycles. The number of nitrogens with zero attached hydrogens (tertiary/aromatic N) is 4. The Labute approximate surface area is 149 Å². The van der Waals surface area contributed by atoms with E-state index in [1.807, 2.05) is 0 Å². The van der Waals surface area contributed by atoms with E-state index in [4.69, 9.17) is 4.74 Å². The fourth-order valence-corrected chi connectivity index (χ4v) is 2.83. The molecule has 3 rings (SSSR count).